The van der Waals surface area contributed by atoms with Crippen LogP contribution in [0, 0.1) is 3.57 Å². The van der Waals surface area contributed by atoms with Crippen molar-refractivity contribution in [1.29, 1.82) is 0 Å². The van der Waals surface area contributed by atoms with Crippen LogP contribution in [0.3, 0.4) is 0 Å². The van der Waals surface area contributed by atoms with Crippen LogP contribution in [-0.2, 0) is 9.31 Å². The summed E-state index contributed by atoms with van der Waals surface area (Å²) in [6.45, 7) is 8.36. The molecule has 2 aromatic heterocycles. The van der Waals surface area contributed by atoms with Gasteiger partial charge in [0.15, 0.2) is 0 Å². The van der Waals surface area contributed by atoms with Crippen LogP contribution in [-0.4, -0.2) is 27.5 Å². The number of hydrogen-bond acceptors (Lipinski definition) is 2. The number of rotatable bonds is 6. The molecule has 0 aliphatic carbocycles. The highest BCUT2D eigenvalue weighted by molar-refractivity contribution is 14.1. The minimum absolute atomic E-state index is 0.355. The highest BCUT2D eigenvalue weighted by Gasteiger charge is 2.51. The molecule has 13 rings (SSSR count). The van der Waals surface area contributed by atoms with E-state index in [4.69, 9.17) is 9.31 Å². The molecule has 362 valence electrons. The lowest BCUT2D eigenvalue weighted by Crippen LogP contribution is -2.41. The summed E-state index contributed by atoms with van der Waals surface area (Å²) in [6.07, 6.45) is 0. The molecule has 0 unspecified atom stereocenters. The Kier molecular flexibility index (Phi) is 14.1. The van der Waals surface area contributed by atoms with Crippen molar-refractivity contribution >= 4 is 111 Å². The Morgan fingerprint density at radius 2 is 0.784 bits per heavy atom. The van der Waals surface area contributed by atoms with Crippen molar-refractivity contribution in [2.24, 2.45) is 0 Å². The molecule has 0 saturated carbocycles. The van der Waals surface area contributed by atoms with E-state index in [1.807, 2.05) is 24.3 Å². The average molecular weight is 1200 g/mol. The van der Waals surface area contributed by atoms with E-state index in [9.17, 15) is 0 Å². The lowest BCUT2D eigenvalue weighted by atomic mass is 9.78. The molecule has 0 amide bonds. The van der Waals surface area contributed by atoms with E-state index in [0.717, 1.165) is 15.5 Å². The second kappa shape index (κ2) is 21.0. The maximum atomic E-state index is 6.30. The molecule has 1 aliphatic heterocycles. The van der Waals surface area contributed by atoms with Gasteiger partial charge in [0.25, 0.3) is 0 Å². The largest absolute Gasteiger partial charge is 0.494 e. The smallest absolute Gasteiger partial charge is 0.399 e. The Balaban J connectivity index is 0.000000138. The molecule has 1 saturated heterocycles. The summed E-state index contributed by atoms with van der Waals surface area (Å²) in [5.41, 5.74) is 14.8. The molecule has 0 radical (unpaired) electrons. The number of halogens is 3. The summed E-state index contributed by atoms with van der Waals surface area (Å²) in [5, 5.41) is 5.05. The first-order valence-electron chi connectivity index (χ1n) is 24.8. The van der Waals surface area contributed by atoms with Crippen molar-refractivity contribution in [3.05, 3.63) is 255 Å². The highest BCUT2D eigenvalue weighted by Crippen LogP contribution is 2.39. The van der Waals surface area contributed by atoms with Gasteiger partial charge in [0, 0.05) is 45.4 Å². The normalized spacial score (nSPS) is 13.7. The second-order valence-electron chi connectivity index (χ2n) is 19.5. The van der Waals surface area contributed by atoms with E-state index in [1.165, 1.54) is 90.8 Å². The van der Waals surface area contributed by atoms with Crippen molar-refractivity contribution < 1.29 is 9.31 Å². The zero-order valence-electron chi connectivity index (χ0n) is 41.5. The van der Waals surface area contributed by atoms with Gasteiger partial charge < -0.3 is 18.4 Å². The maximum absolute atomic E-state index is 6.30. The van der Waals surface area contributed by atoms with Crippen LogP contribution in [0.25, 0.3) is 88.4 Å². The summed E-state index contributed by atoms with van der Waals surface area (Å²) < 4.78 is 20.8. The summed E-state index contributed by atoms with van der Waals surface area (Å²) in [5.74, 6) is 0. The molecule has 0 N–H and O–H groups in total. The van der Waals surface area contributed by atoms with Gasteiger partial charge in [0.05, 0.1) is 33.3 Å². The highest BCUT2D eigenvalue weighted by atomic mass is 127. The van der Waals surface area contributed by atoms with Gasteiger partial charge in [-0.1, -0.05) is 174 Å². The van der Waals surface area contributed by atoms with Gasteiger partial charge in [-0.15, -0.1) is 0 Å². The fourth-order valence-electron chi connectivity index (χ4n) is 9.86. The minimum atomic E-state index is -0.367. The average Bonchev–Trinajstić information content (AvgIpc) is 4.03. The van der Waals surface area contributed by atoms with Crippen LogP contribution in [0.15, 0.2) is 252 Å². The Morgan fingerprint density at radius 1 is 0.365 bits per heavy atom. The van der Waals surface area contributed by atoms with Gasteiger partial charge in [0.1, 0.15) is 0 Å². The van der Waals surface area contributed by atoms with Gasteiger partial charge in [-0.25, -0.2) is 0 Å². The lowest BCUT2D eigenvalue weighted by Gasteiger charge is -2.32. The molecule has 0 atom stereocenters. The SMILES string of the molecule is Brc1ccccc1-c1cccc(-c2ccc3c(c2)c2ccccc2n3-c2ccccc2)c1.Brc1ccccc1I.CC1(C)OB(c2cccc(-c3ccc4c(c3)c3ccccc3n4-c3ccccc3)c2)OC1(C)C. The fourth-order valence-corrected chi connectivity index (χ4v) is 11.0. The molecule has 1 fully saturated rings. The molecule has 0 spiro atoms. The van der Waals surface area contributed by atoms with E-state index in [1.54, 1.807) is 0 Å². The van der Waals surface area contributed by atoms with E-state index in [2.05, 4.69) is 310 Å². The third kappa shape index (κ3) is 9.82. The van der Waals surface area contributed by atoms with Gasteiger partial charge >= 0.3 is 7.12 Å². The van der Waals surface area contributed by atoms with Crippen LogP contribution in [0.2, 0.25) is 0 Å². The standard InChI is InChI=1S/C30H28BNO2.C30H20BrN.C6H4BrI/c1-29(2)30(3,4)34-31(33-29)23-12-10-11-21(19-23)22-17-18-28-26(20-22)25-15-8-9-16-27(25)32(28)24-13-6-5-7-14-24;31-28-15-6-4-13-25(28)23-10-8-9-21(19-23)22-17-18-30-27(20-22)26-14-5-7-16-29(26)32(30)24-11-2-1-3-12-24;7-5-3-1-2-4-6(5)8/h5-20H,1-4H3;1-20H;1-4H. The van der Waals surface area contributed by atoms with Gasteiger partial charge in [-0.2, -0.15) is 0 Å². The Morgan fingerprint density at radius 3 is 1.30 bits per heavy atom. The van der Waals surface area contributed by atoms with E-state index < -0.39 is 0 Å². The van der Waals surface area contributed by atoms with E-state index in [0.29, 0.717) is 0 Å². The molecule has 74 heavy (non-hydrogen) atoms. The number of hydrogen-bond donors (Lipinski definition) is 0. The van der Waals surface area contributed by atoms with Gasteiger partial charge in [-0.3, -0.25) is 0 Å². The topological polar surface area (TPSA) is 28.3 Å². The molecule has 1 aliphatic rings. The first-order chi connectivity index (χ1) is 35.9. The molecule has 4 nitrogen and oxygen atoms in total. The number of fused-ring (bicyclic) bond motifs is 6. The first kappa shape index (κ1) is 49.7. The van der Waals surface area contributed by atoms with E-state index >= 15 is 0 Å². The van der Waals surface area contributed by atoms with Crippen molar-refractivity contribution in [1.82, 2.24) is 9.13 Å². The Labute approximate surface area is 464 Å². The number of nitrogens with zero attached hydrogens (tertiary/aromatic N) is 2. The van der Waals surface area contributed by atoms with Crippen LogP contribution < -0.4 is 5.46 Å². The summed E-state index contributed by atoms with van der Waals surface area (Å²) in [6, 6.07) is 85.8. The van der Waals surface area contributed by atoms with E-state index in [-0.39, 0.29) is 18.3 Å². The maximum Gasteiger partial charge on any atom is 0.494 e. The number of benzene rings is 10. The fraction of sp³-hybridized carbons (Fsp3) is 0.0909. The molecule has 10 aromatic carbocycles. The Hall–Kier alpha value is -6.53. The van der Waals surface area contributed by atoms with Crippen molar-refractivity contribution in [2.45, 2.75) is 38.9 Å². The Bertz CT molecular complexity index is 3940. The molecular weight excluding hydrogens is 1150 g/mol. The first-order valence-corrected chi connectivity index (χ1v) is 27.5. The van der Waals surface area contributed by atoms with Gasteiger partial charge in [-0.05, 0) is 190 Å². The zero-order valence-corrected chi connectivity index (χ0v) is 46.8. The monoisotopic (exact) mass is 1200 g/mol. The number of para-hydroxylation sites is 4. The van der Waals surface area contributed by atoms with Gasteiger partial charge in [0.2, 0.25) is 0 Å². The predicted octanol–water partition coefficient (Wildman–Crippen LogP) is 18.7. The van der Waals surface area contributed by atoms with Crippen LogP contribution in [0.1, 0.15) is 27.7 Å². The second-order valence-corrected chi connectivity index (χ2v) is 22.4. The molecule has 8 heteroatoms. The third-order valence-corrected chi connectivity index (χ3v) is 17.4. The molecule has 3 heterocycles. The lowest BCUT2D eigenvalue weighted by molar-refractivity contribution is 0.00578. The zero-order chi connectivity index (χ0) is 51.0. The van der Waals surface area contributed by atoms with Crippen molar-refractivity contribution in [3.8, 4) is 44.8 Å². The molecular formula is C66H52BBr2IN2O2. The quantitative estimate of drug-likeness (QED) is 0.123. The summed E-state index contributed by atoms with van der Waals surface area (Å²) in [7, 11) is -0.367. The number of aromatic nitrogens is 2. The van der Waals surface area contributed by atoms with Crippen molar-refractivity contribution in [2.75, 3.05) is 0 Å². The van der Waals surface area contributed by atoms with Crippen molar-refractivity contribution in [3.63, 3.8) is 0 Å². The third-order valence-electron chi connectivity index (χ3n) is 14.3. The van der Waals surface area contributed by atoms with Crippen LogP contribution in [0.5, 0.6) is 0 Å². The predicted molar refractivity (Wildman–Crippen MR) is 328 cm³/mol. The molecule has 12 aromatic rings. The van der Waals surface area contributed by atoms with Crippen LogP contribution >= 0.6 is 54.5 Å². The summed E-state index contributed by atoms with van der Waals surface area (Å²) >= 11 is 9.36. The minimum Gasteiger partial charge on any atom is -0.399 e. The molecule has 0 bridgehead atoms. The summed E-state index contributed by atoms with van der Waals surface area (Å²) in [4.78, 5) is 0. The van der Waals surface area contributed by atoms with Crippen LogP contribution in [0.4, 0.5) is 0 Å².